The summed E-state index contributed by atoms with van der Waals surface area (Å²) < 4.78 is 0. The van der Waals surface area contributed by atoms with Gasteiger partial charge in [-0.3, -0.25) is 0 Å². The Kier molecular flexibility index (Phi) is 3.22. The Morgan fingerprint density at radius 1 is 1.27 bits per heavy atom. The van der Waals surface area contributed by atoms with Crippen LogP contribution in [0.3, 0.4) is 0 Å². The van der Waals surface area contributed by atoms with Crippen molar-refractivity contribution in [3.05, 3.63) is 34.9 Å². The number of halogens is 2. The molecule has 0 aromatic heterocycles. The van der Waals surface area contributed by atoms with Crippen molar-refractivity contribution in [3.8, 4) is 0 Å². The van der Waals surface area contributed by atoms with E-state index in [9.17, 15) is 0 Å². The third-order valence-electron chi connectivity index (χ3n) is 1.59. The van der Waals surface area contributed by atoms with E-state index in [1.807, 2.05) is 24.3 Å². The topological polar surface area (TPSA) is 0 Å². The number of benzene rings is 1. The highest BCUT2D eigenvalue weighted by Gasteiger charge is 2.03. The maximum Gasteiger partial charge on any atom is 0.0582 e. The fourth-order valence-electron chi connectivity index (χ4n) is 0.907. The Bertz CT molecular complexity index is 216. The largest absolute Gasteiger partial charge is 0.118 e. The summed E-state index contributed by atoms with van der Waals surface area (Å²) in [6, 6.07) is 7.65. The molecule has 0 heterocycles. The molecule has 0 aliphatic heterocycles. The molecule has 0 saturated carbocycles. The molecule has 0 fully saturated rings. The van der Waals surface area contributed by atoms with Gasteiger partial charge in [0.05, 0.1) is 5.38 Å². The van der Waals surface area contributed by atoms with E-state index in [0.717, 1.165) is 17.0 Å². The molecule has 0 amide bonds. The van der Waals surface area contributed by atoms with E-state index >= 15 is 0 Å². The summed E-state index contributed by atoms with van der Waals surface area (Å²) in [6.45, 7) is 2.06. The molecule has 1 aromatic carbocycles. The molecule has 0 radical (unpaired) electrons. The maximum absolute atomic E-state index is 6.00. The van der Waals surface area contributed by atoms with Gasteiger partial charge in [0.25, 0.3) is 0 Å². The van der Waals surface area contributed by atoms with Crippen LogP contribution in [0.25, 0.3) is 0 Å². The number of hydrogen-bond donors (Lipinski definition) is 0. The minimum atomic E-state index is 0.118. The Morgan fingerprint density at radius 2 is 1.82 bits per heavy atom. The molecular formula is C9H10Cl2. The zero-order valence-electron chi connectivity index (χ0n) is 6.35. The lowest BCUT2D eigenvalue weighted by Crippen LogP contribution is -1.86. The summed E-state index contributed by atoms with van der Waals surface area (Å²) in [5.41, 5.74) is 1.14. The zero-order valence-corrected chi connectivity index (χ0v) is 7.86. The Hall–Kier alpha value is -0.200. The van der Waals surface area contributed by atoms with Crippen molar-refractivity contribution in [2.24, 2.45) is 0 Å². The van der Waals surface area contributed by atoms with Crippen molar-refractivity contribution < 1.29 is 0 Å². The van der Waals surface area contributed by atoms with Gasteiger partial charge >= 0.3 is 0 Å². The predicted molar refractivity (Wildman–Crippen MR) is 50.3 cm³/mol. The lowest BCUT2D eigenvalue weighted by molar-refractivity contribution is 0.884. The summed E-state index contributed by atoms with van der Waals surface area (Å²) in [6.07, 6.45) is 0.948. The SMILES string of the molecule is CCC(Cl)c1ccc(Cl)cc1. The van der Waals surface area contributed by atoms with E-state index in [1.165, 1.54) is 0 Å². The second-order valence-corrected chi connectivity index (χ2v) is 3.39. The van der Waals surface area contributed by atoms with Crippen LogP contribution in [0.2, 0.25) is 5.02 Å². The molecule has 0 N–H and O–H groups in total. The van der Waals surface area contributed by atoms with Crippen LogP contribution in [0.15, 0.2) is 24.3 Å². The van der Waals surface area contributed by atoms with Crippen molar-refractivity contribution in [1.29, 1.82) is 0 Å². The van der Waals surface area contributed by atoms with Crippen LogP contribution in [0.4, 0.5) is 0 Å². The summed E-state index contributed by atoms with van der Waals surface area (Å²) in [5.74, 6) is 0. The lowest BCUT2D eigenvalue weighted by atomic mass is 10.1. The lowest BCUT2D eigenvalue weighted by Gasteiger charge is -2.05. The monoisotopic (exact) mass is 188 g/mol. The molecule has 0 aliphatic carbocycles. The van der Waals surface area contributed by atoms with Gasteiger partial charge in [-0.1, -0.05) is 30.7 Å². The van der Waals surface area contributed by atoms with Crippen molar-refractivity contribution in [1.82, 2.24) is 0 Å². The first-order valence-electron chi connectivity index (χ1n) is 3.63. The van der Waals surface area contributed by atoms with E-state index in [1.54, 1.807) is 0 Å². The summed E-state index contributed by atoms with van der Waals surface area (Å²) in [5, 5.41) is 0.876. The molecule has 11 heavy (non-hydrogen) atoms. The van der Waals surface area contributed by atoms with Crippen LogP contribution in [-0.2, 0) is 0 Å². The molecule has 1 atom stereocenters. The van der Waals surface area contributed by atoms with E-state index in [4.69, 9.17) is 23.2 Å². The van der Waals surface area contributed by atoms with Gasteiger partial charge in [0, 0.05) is 5.02 Å². The van der Waals surface area contributed by atoms with Gasteiger partial charge in [0.1, 0.15) is 0 Å². The highest BCUT2D eigenvalue weighted by molar-refractivity contribution is 6.30. The molecule has 1 aromatic rings. The van der Waals surface area contributed by atoms with E-state index in [2.05, 4.69) is 6.92 Å². The van der Waals surface area contributed by atoms with E-state index < -0.39 is 0 Å². The first-order valence-corrected chi connectivity index (χ1v) is 4.45. The molecule has 60 valence electrons. The maximum atomic E-state index is 6.00. The fraction of sp³-hybridized carbons (Fsp3) is 0.333. The molecule has 1 rings (SSSR count). The van der Waals surface area contributed by atoms with Gasteiger partial charge in [-0.2, -0.15) is 0 Å². The smallest absolute Gasteiger partial charge is 0.0582 e. The van der Waals surface area contributed by atoms with Gasteiger partial charge in [-0.05, 0) is 24.1 Å². The van der Waals surface area contributed by atoms with Crippen molar-refractivity contribution in [3.63, 3.8) is 0 Å². The highest BCUT2D eigenvalue weighted by atomic mass is 35.5. The van der Waals surface area contributed by atoms with Crippen LogP contribution in [0.5, 0.6) is 0 Å². The second-order valence-electron chi connectivity index (χ2n) is 2.43. The standard InChI is InChI=1S/C9H10Cl2/c1-2-9(11)7-3-5-8(10)6-4-7/h3-6,9H,2H2,1H3. The quantitative estimate of drug-likeness (QED) is 0.616. The van der Waals surface area contributed by atoms with Gasteiger partial charge < -0.3 is 0 Å². The normalized spacial score (nSPS) is 13.0. The summed E-state index contributed by atoms with van der Waals surface area (Å²) in [4.78, 5) is 0. The fourth-order valence-corrected chi connectivity index (χ4v) is 1.18. The van der Waals surface area contributed by atoms with Crippen LogP contribution in [0.1, 0.15) is 24.3 Å². The van der Waals surface area contributed by atoms with Gasteiger partial charge in [0.15, 0.2) is 0 Å². The second kappa shape index (κ2) is 3.99. The number of hydrogen-bond acceptors (Lipinski definition) is 0. The van der Waals surface area contributed by atoms with E-state index in [0.29, 0.717) is 0 Å². The molecule has 0 aliphatic rings. The Balaban J connectivity index is 2.81. The predicted octanol–water partition coefficient (Wildman–Crippen LogP) is 4.03. The molecule has 0 nitrogen and oxygen atoms in total. The molecule has 2 heteroatoms. The third kappa shape index (κ3) is 2.39. The van der Waals surface area contributed by atoms with Crippen molar-refractivity contribution in [2.45, 2.75) is 18.7 Å². The summed E-state index contributed by atoms with van der Waals surface area (Å²) >= 11 is 11.7. The van der Waals surface area contributed by atoms with Crippen molar-refractivity contribution in [2.75, 3.05) is 0 Å². The van der Waals surface area contributed by atoms with Gasteiger partial charge in [-0.25, -0.2) is 0 Å². The molecule has 0 bridgehead atoms. The number of alkyl halides is 1. The molecule has 0 spiro atoms. The van der Waals surface area contributed by atoms with E-state index in [-0.39, 0.29) is 5.38 Å². The molecule has 1 unspecified atom stereocenters. The summed E-state index contributed by atoms with van der Waals surface area (Å²) in [7, 11) is 0. The van der Waals surface area contributed by atoms with Crippen LogP contribution >= 0.6 is 23.2 Å². The minimum absolute atomic E-state index is 0.118. The average molecular weight is 189 g/mol. The highest BCUT2D eigenvalue weighted by Crippen LogP contribution is 2.24. The van der Waals surface area contributed by atoms with Crippen LogP contribution in [0, 0.1) is 0 Å². The molecule has 0 saturated heterocycles. The van der Waals surface area contributed by atoms with Crippen LogP contribution in [-0.4, -0.2) is 0 Å². The Labute approximate surface area is 77.1 Å². The molecular weight excluding hydrogens is 179 g/mol. The minimum Gasteiger partial charge on any atom is -0.118 e. The van der Waals surface area contributed by atoms with Gasteiger partial charge in [-0.15, -0.1) is 11.6 Å². The zero-order chi connectivity index (χ0) is 8.27. The third-order valence-corrected chi connectivity index (χ3v) is 2.40. The van der Waals surface area contributed by atoms with Gasteiger partial charge in [0.2, 0.25) is 0 Å². The Morgan fingerprint density at radius 3 is 2.27 bits per heavy atom. The number of rotatable bonds is 2. The van der Waals surface area contributed by atoms with Crippen LogP contribution < -0.4 is 0 Å². The first-order chi connectivity index (χ1) is 5.24. The average Bonchev–Trinajstić information content (AvgIpc) is 2.05. The first kappa shape index (κ1) is 8.89. The van der Waals surface area contributed by atoms with Crippen molar-refractivity contribution >= 4 is 23.2 Å².